The number of rotatable bonds is 10. The number of oxazole rings is 1. The van der Waals surface area contributed by atoms with E-state index in [9.17, 15) is 9.59 Å². The van der Waals surface area contributed by atoms with Crippen LogP contribution in [0.4, 0.5) is 0 Å². The second kappa shape index (κ2) is 11.1. The number of hydrogen-bond donors (Lipinski definition) is 1. The van der Waals surface area contributed by atoms with Crippen molar-refractivity contribution in [3.63, 3.8) is 0 Å². The van der Waals surface area contributed by atoms with Gasteiger partial charge in [0.1, 0.15) is 17.8 Å². The smallest absolute Gasteiger partial charge is 0.251 e. The quantitative estimate of drug-likeness (QED) is 0.348. The van der Waals surface area contributed by atoms with Gasteiger partial charge in [0.05, 0.1) is 18.3 Å². The Morgan fingerprint density at radius 1 is 1.00 bits per heavy atom. The molecule has 0 bridgehead atoms. The van der Waals surface area contributed by atoms with Gasteiger partial charge in [-0.2, -0.15) is 0 Å². The largest absolute Gasteiger partial charge is 0.493 e. The number of ether oxygens (including phenoxy) is 1. The van der Waals surface area contributed by atoms with Gasteiger partial charge in [-0.1, -0.05) is 48.5 Å². The fourth-order valence-electron chi connectivity index (χ4n) is 3.58. The topological polar surface area (TPSA) is 81.4 Å². The van der Waals surface area contributed by atoms with Gasteiger partial charge in [0.15, 0.2) is 0 Å². The molecule has 4 rings (SSSR count). The summed E-state index contributed by atoms with van der Waals surface area (Å²) in [5.74, 6) is 1.86. The van der Waals surface area contributed by atoms with Crippen molar-refractivity contribution in [2.24, 2.45) is 0 Å². The zero-order chi connectivity index (χ0) is 23.8. The normalized spacial score (nSPS) is 11.6. The first-order valence-corrected chi connectivity index (χ1v) is 11.2. The number of carbonyl (C=O) groups excluding carboxylic acids is 2. The van der Waals surface area contributed by atoms with Crippen LogP contribution in [0, 0.1) is 6.92 Å². The number of benzene rings is 3. The monoisotopic (exact) mass is 454 g/mol. The number of amides is 1. The lowest BCUT2D eigenvalue weighted by atomic mass is 10.1. The molecule has 6 heteroatoms. The van der Waals surface area contributed by atoms with Gasteiger partial charge in [-0.25, -0.2) is 4.98 Å². The van der Waals surface area contributed by atoms with Gasteiger partial charge in [-0.15, -0.1) is 0 Å². The fourth-order valence-corrected chi connectivity index (χ4v) is 3.58. The van der Waals surface area contributed by atoms with Crippen LogP contribution in [-0.2, 0) is 17.6 Å². The van der Waals surface area contributed by atoms with Crippen LogP contribution in [0.2, 0.25) is 0 Å². The molecular weight excluding hydrogens is 428 g/mol. The molecule has 1 amide bonds. The van der Waals surface area contributed by atoms with Crippen molar-refractivity contribution in [3.8, 4) is 17.2 Å². The first-order valence-electron chi connectivity index (χ1n) is 11.2. The Labute approximate surface area is 198 Å². The molecule has 6 nitrogen and oxygen atoms in total. The summed E-state index contributed by atoms with van der Waals surface area (Å²) < 4.78 is 11.7. The Morgan fingerprint density at radius 2 is 1.68 bits per heavy atom. The second-order valence-corrected chi connectivity index (χ2v) is 7.92. The highest BCUT2D eigenvalue weighted by atomic mass is 16.5. The molecule has 0 saturated carbocycles. The molecule has 34 heavy (non-hydrogen) atoms. The fraction of sp³-hybridized carbons (Fsp3) is 0.179. The summed E-state index contributed by atoms with van der Waals surface area (Å²) in [6, 6.07) is 25.6. The van der Waals surface area contributed by atoms with Crippen LogP contribution in [0.3, 0.4) is 0 Å². The van der Waals surface area contributed by atoms with E-state index in [2.05, 4.69) is 10.3 Å². The summed E-state index contributed by atoms with van der Waals surface area (Å²) in [5, 5.41) is 2.76. The van der Waals surface area contributed by atoms with E-state index in [4.69, 9.17) is 9.15 Å². The standard InChI is InChI=1S/C28H26N2O4/c1-20-26(30-28(34-20)23-10-6-3-7-11-23)16-17-33-25-14-12-21(13-15-25)18-24(19-31)29-27(32)22-8-4-2-5-9-22/h2-15,19,24H,16-18H2,1H3,(H,29,32)/t24-/m0/s1. The maximum Gasteiger partial charge on any atom is 0.251 e. The third-order valence-corrected chi connectivity index (χ3v) is 5.42. The van der Waals surface area contributed by atoms with Crippen molar-refractivity contribution >= 4 is 12.2 Å². The maximum absolute atomic E-state index is 12.3. The van der Waals surface area contributed by atoms with Crippen LogP contribution >= 0.6 is 0 Å². The zero-order valence-corrected chi connectivity index (χ0v) is 18.9. The minimum Gasteiger partial charge on any atom is -0.493 e. The van der Waals surface area contributed by atoms with Crippen LogP contribution in [0.1, 0.15) is 27.4 Å². The number of aldehydes is 1. The molecule has 0 aliphatic rings. The van der Waals surface area contributed by atoms with E-state index < -0.39 is 6.04 Å². The average Bonchev–Trinajstić information content (AvgIpc) is 3.26. The summed E-state index contributed by atoms with van der Waals surface area (Å²) >= 11 is 0. The zero-order valence-electron chi connectivity index (χ0n) is 18.9. The van der Waals surface area contributed by atoms with Crippen LogP contribution in [-0.4, -0.2) is 29.8 Å². The van der Waals surface area contributed by atoms with Gasteiger partial charge < -0.3 is 19.3 Å². The van der Waals surface area contributed by atoms with Crippen LogP contribution in [0.5, 0.6) is 5.75 Å². The Morgan fingerprint density at radius 3 is 2.35 bits per heavy atom. The van der Waals surface area contributed by atoms with Gasteiger partial charge >= 0.3 is 0 Å². The summed E-state index contributed by atoms with van der Waals surface area (Å²) in [7, 11) is 0. The van der Waals surface area contributed by atoms with Gasteiger partial charge in [0.2, 0.25) is 5.89 Å². The van der Waals surface area contributed by atoms with E-state index in [1.165, 1.54) is 0 Å². The Hall–Kier alpha value is -4.19. The van der Waals surface area contributed by atoms with Crippen molar-refractivity contribution in [1.82, 2.24) is 10.3 Å². The first kappa shape index (κ1) is 23.0. The molecule has 1 N–H and O–H groups in total. The lowest BCUT2D eigenvalue weighted by molar-refractivity contribution is -0.109. The SMILES string of the molecule is Cc1oc(-c2ccccc2)nc1CCOc1ccc(C[C@@H](C=O)NC(=O)c2ccccc2)cc1. The molecule has 0 radical (unpaired) electrons. The third kappa shape index (κ3) is 5.98. The minimum atomic E-state index is -0.603. The van der Waals surface area contributed by atoms with Crippen molar-refractivity contribution < 1.29 is 18.7 Å². The molecule has 172 valence electrons. The highest BCUT2D eigenvalue weighted by Gasteiger charge is 2.14. The van der Waals surface area contributed by atoms with Crippen LogP contribution in [0.15, 0.2) is 89.3 Å². The van der Waals surface area contributed by atoms with E-state index in [-0.39, 0.29) is 5.91 Å². The average molecular weight is 455 g/mol. The third-order valence-electron chi connectivity index (χ3n) is 5.42. The second-order valence-electron chi connectivity index (χ2n) is 7.92. The molecule has 1 aromatic heterocycles. The molecule has 3 aromatic carbocycles. The van der Waals surface area contributed by atoms with Crippen LogP contribution < -0.4 is 10.1 Å². The molecule has 0 aliphatic carbocycles. The predicted molar refractivity (Wildman–Crippen MR) is 130 cm³/mol. The van der Waals surface area contributed by atoms with E-state index in [1.807, 2.05) is 67.6 Å². The van der Waals surface area contributed by atoms with E-state index in [0.29, 0.717) is 30.9 Å². The molecule has 0 aliphatic heterocycles. The van der Waals surface area contributed by atoms with Crippen molar-refractivity contribution in [2.75, 3.05) is 6.61 Å². The highest BCUT2D eigenvalue weighted by molar-refractivity contribution is 5.95. The van der Waals surface area contributed by atoms with Crippen molar-refractivity contribution in [2.45, 2.75) is 25.8 Å². The van der Waals surface area contributed by atoms with Gasteiger partial charge in [0, 0.05) is 17.5 Å². The molecule has 1 atom stereocenters. The molecule has 4 aromatic rings. The van der Waals surface area contributed by atoms with Crippen molar-refractivity contribution in [3.05, 3.63) is 108 Å². The summed E-state index contributed by atoms with van der Waals surface area (Å²) in [6.07, 6.45) is 1.79. The van der Waals surface area contributed by atoms with E-state index in [1.54, 1.807) is 24.3 Å². The van der Waals surface area contributed by atoms with Gasteiger partial charge in [0.25, 0.3) is 5.91 Å². The highest BCUT2D eigenvalue weighted by Crippen LogP contribution is 2.22. The summed E-state index contributed by atoms with van der Waals surface area (Å²) in [5.41, 5.74) is 3.27. The number of aromatic nitrogens is 1. The number of aryl methyl sites for hydroxylation is 1. The first-order chi connectivity index (χ1) is 16.6. The lowest BCUT2D eigenvalue weighted by Crippen LogP contribution is -2.37. The number of nitrogens with one attached hydrogen (secondary N) is 1. The predicted octanol–water partition coefficient (Wildman–Crippen LogP) is 4.81. The number of nitrogens with zero attached hydrogens (tertiary/aromatic N) is 1. The molecule has 0 fully saturated rings. The Kier molecular flexibility index (Phi) is 7.50. The lowest BCUT2D eigenvalue weighted by Gasteiger charge is -2.13. The summed E-state index contributed by atoms with van der Waals surface area (Å²) in [4.78, 5) is 28.4. The van der Waals surface area contributed by atoms with Gasteiger partial charge in [-0.3, -0.25) is 4.79 Å². The van der Waals surface area contributed by atoms with E-state index in [0.717, 1.165) is 34.6 Å². The Bertz CT molecular complexity index is 1220. The molecular formula is C28H26N2O4. The maximum atomic E-state index is 12.3. The van der Waals surface area contributed by atoms with E-state index >= 15 is 0 Å². The Balaban J connectivity index is 1.28. The van der Waals surface area contributed by atoms with Crippen molar-refractivity contribution in [1.29, 1.82) is 0 Å². The summed E-state index contributed by atoms with van der Waals surface area (Å²) in [6.45, 7) is 2.37. The number of hydrogen-bond acceptors (Lipinski definition) is 5. The minimum absolute atomic E-state index is 0.267. The van der Waals surface area contributed by atoms with Gasteiger partial charge in [-0.05, 0) is 55.3 Å². The molecule has 1 heterocycles. The molecule has 0 unspecified atom stereocenters. The number of carbonyl (C=O) groups is 2. The molecule has 0 spiro atoms. The molecule has 0 saturated heterocycles. The van der Waals surface area contributed by atoms with Crippen LogP contribution in [0.25, 0.3) is 11.5 Å².